The van der Waals surface area contributed by atoms with Gasteiger partial charge in [0.05, 0.1) is 12.8 Å². The van der Waals surface area contributed by atoms with Gasteiger partial charge in [-0.3, -0.25) is 10.1 Å². The van der Waals surface area contributed by atoms with Crippen molar-refractivity contribution in [2.45, 2.75) is 13.8 Å². The molecule has 0 radical (unpaired) electrons. The topological polar surface area (TPSA) is 77.8 Å². The fraction of sp³-hybridized carbons (Fsp3) is 0.190. The number of hydrogen-bond donors (Lipinski definition) is 1. The summed E-state index contributed by atoms with van der Waals surface area (Å²) >= 11 is 1.45. The normalized spacial score (nSPS) is 10.9. The van der Waals surface area contributed by atoms with Crippen LogP contribution in [0.2, 0.25) is 0 Å². The molecule has 0 spiro atoms. The van der Waals surface area contributed by atoms with Crippen molar-refractivity contribution in [3.05, 3.63) is 59.0 Å². The molecule has 0 saturated carbocycles. The number of nitrogens with zero attached hydrogens (tertiary/aromatic N) is 3. The molecule has 0 aliphatic rings. The molecule has 8 heteroatoms. The third kappa shape index (κ3) is 4.22. The van der Waals surface area contributed by atoms with Crippen molar-refractivity contribution in [3.8, 4) is 22.8 Å². The maximum Gasteiger partial charge on any atom is 0.264 e. The van der Waals surface area contributed by atoms with Crippen LogP contribution in [0.3, 0.4) is 0 Å². The first-order valence-electron chi connectivity index (χ1n) is 9.01. The maximum absolute atomic E-state index is 12.3. The number of amides is 1. The van der Waals surface area contributed by atoms with Crippen LogP contribution in [0.4, 0.5) is 5.95 Å². The molecule has 0 saturated heterocycles. The zero-order valence-electron chi connectivity index (χ0n) is 16.3. The molecule has 1 amide bonds. The summed E-state index contributed by atoms with van der Waals surface area (Å²) in [5.74, 6) is 1.36. The number of anilines is 1. The van der Waals surface area contributed by atoms with Crippen molar-refractivity contribution in [1.82, 2.24) is 14.6 Å². The first-order valence-corrected chi connectivity index (χ1v) is 9.89. The molecule has 7 nitrogen and oxygen atoms in total. The molecule has 29 heavy (non-hydrogen) atoms. The van der Waals surface area contributed by atoms with Crippen molar-refractivity contribution in [1.29, 1.82) is 0 Å². The van der Waals surface area contributed by atoms with Gasteiger partial charge in [0, 0.05) is 10.9 Å². The Balaban J connectivity index is 1.47. The van der Waals surface area contributed by atoms with Gasteiger partial charge in [0.1, 0.15) is 11.5 Å². The first-order chi connectivity index (χ1) is 14.0. The zero-order chi connectivity index (χ0) is 20.4. The van der Waals surface area contributed by atoms with E-state index in [0.29, 0.717) is 10.7 Å². The van der Waals surface area contributed by atoms with Gasteiger partial charge in [-0.1, -0.05) is 18.2 Å². The third-order valence-corrected chi connectivity index (χ3v) is 5.08. The Labute approximate surface area is 171 Å². The van der Waals surface area contributed by atoms with Gasteiger partial charge in [-0.25, -0.2) is 4.52 Å². The second-order valence-electron chi connectivity index (χ2n) is 6.64. The van der Waals surface area contributed by atoms with Crippen LogP contribution in [0.15, 0.2) is 47.8 Å². The quantitative estimate of drug-likeness (QED) is 0.520. The Morgan fingerprint density at radius 3 is 2.69 bits per heavy atom. The lowest BCUT2D eigenvalue weighted by molar-refractivity contribution is -0.118. The van der Waals surface area contributed by atoms with E-state index < -0.39 is 0 Å². The third-order valence-electron chi connectivity index (χ3n) is 4.26. The highest BCUT2D eigenvalue weighted by Gasteiger charge is 2.14. The summed E-state index contributed by atoms with van der Waals surface area (Å²) in [5.41, 5.74) is 4.00. The van der Waals surface area contributed by atoms with Gasteiger partial charge in [-0.2, -0.15) is 4.98 Å². The molecule has 2 aromatic carbocycles. The highest BCUT2D eigenvalue weighted by Crippen LogP contribution is 2.28. The number of thiazole rings is 1. The largest absolute Gasteiger partial charge is 0.497 e. The van der Waals surface area contributed by atoms with E-state index >= 15 is 0 Å². The minimum atomic E-state index is -0.314. The summed E-state index contributed by atoms with van der Waals surface area (Å²) < 4.78 is 12.6. The van der Waals surface area contributed by atoms with Crippen LogP contribution < -0.4 is 14.8 Å². The van der Waals surface area contributed by atoms with Crippen LogP contribution in [0.25, 0.3) is 16.2 Å². The van der Waals surface area contributed by atoms with E-state index in [-0.39, 0.29) is 18.5 Å². The Bertz CT molecular complexity index is 1160. The van der Waals surface area contributed by atoms with Crippen molar-refractivity contribution >= 4 is 28.2 Å². The number of methoxy groups -OCH3 is 1. The summed E-state index contributed by atoms with van der Waals surface area (Å²) in [4.78, 5) is 17.3. The summed E-state index contributed by atoms with van der Waals surface area (Å²) in [6, 6.07) is 13.5. The van der Waals surface area contributed by atoms with Gasteiger partial charge in [-0.15, -0.1) is 16.4 Å². The van der Waals surface area contributed by atoms with E-state index in [2.05, 4.69) is 21.5 Å². The van der Waals surface area contributed by atoms with Gasteiger partial charge in [0.25, 0.3) is 11.9 Å². The summed E-state index contributed by atoms with van der Waals surface area (Å²) in [6.07, 6.45) is 0. The molecule has 1 N–H and O–H groups in total. The van der Waals surface area contributed by atoms with Crippen LogP contribution in [0.5, 0.6) is 11.5 Å². The van der Waals surface area contributed by atoms with Crippen molar-refractivity contribution in [2.75, 3.05) is 19.0 Å². The molecule has 0 atom stereocenters. The number of nitrogens with one attached hydrogen (secondary N) is 1. The number of carbonyl (C=O) groups excluding carboxylic acids is 1. The molecular formula is C21H20N4O3S. The number of hydrogen-bond acceptors (Lipinski definition) is 6. The van der Waals surface area contributed by atoms with E-state index in [0.717, 1.165) is 28.1 Å². The number of benzene rings is 2. The predicted molar refractivity (Wildman–Crippen MR) is 113 cm³/mol. The van der Waals surface area contributed by atoms with Gasteiger partial charge < -0.3 is 9.47 Å². The van der Waals surface area contributed by atoms with Gasteiger partial charge in [0.15, 0.2) is 6.61 Å². The molecule has 2 heterocycles. The van der Waals surface area contributed by atoms with E-state index in [1.165, 1.54) is 11.3 Å². The minimum Gasteiger partial charge on any atom is -0.497 e. The predicted octanol–water partition coefficient (Wildman–Crippen LogP) is 4.10. The molecule has 0 unspecified atom stereocenters. The van der Waals surface area contributed by atoms with E-state index in [4.69, 9.17) is 9.47 Å². The number of carbonyl (C=O) groups is 1. The molecule has 0 bridgehead atoms. The highest BCUT2D eigenvalue weighted by molar-refractivity contribution is 7.15. The number of rotatable bonds is 6. The smallest absolute Gasteiger partial charge is 0.264 e. The van der Waals surface area contributed by atoms with Crippen LogP contribution in [-0.2, 0) is 4.79 Å². The molecule has 0 aliphatic heterocycles. The van der Waals surface area contributed by atoms with Crippen LogP contribution >= 0.6 is 11.3 Å². The lowest BCUT2D eigenvalue weighted by Crippen LogP contribution is -2.21. The van der Waals surface area contributed by atoms with E-state index in [9.17, 15) is 4.79 Å². The maximum atomic E-state index is 12.3. The summed E-state index contributed by atoms with van der Waals surface area (Å²) in [7, 11) is 1.63. The summed E-state index contributed by atoms with van der Waals surface area (Å²) in [5, 5.41) is 9.08. The molecule has 2 aromatic heterocycles. The van der Waals surface area contributed by atoms with E-state index in [1.807, 2.05) is 55.6 Å². The second-order valence-corrected chi connectivity index (χ2v) is 7.48. The fourth-order valence-electron chi connectivity index (χ4n) is 3.04. The van der Waals surface area contributed by atoms with Gasteiger partial charge in [0.2, 0.25) is 4.96 Å². The molecule has 0 aliphatic carbocycles. The second kappa shape index (κ2) is 7.92. The van der Waals surface area contributed by atoms with Crippen molar-refractivity contribution in [2.24, 2.45) is 0 Å². The minimum absolute atomic E-state index is 0.113. The molecule has 4 rings (SSSR count). The SMILES string of the molecule is COc1cccc(-c2csc3nc(NC(=O)COc4cc(C)cc(C)c4)nn23)c1. The molecule has 0 fully saturated rings. The standard InChI is InChI=1S/C21H20N4O3S/c1-13-7-14(2)9-17(8-13)28-11-19(26)22-20-23-21-25(24-20)18(12-29-21)15-5-4-6-16(10-15)27-3/h4-10,12H,11H2,1-3H3,(H,22,24,26). The van der Waals surface area contributed by atoms with Crippen LogP contribution in [-0.4, -0.2) is 34.2 Å². The highest BCUT2D eigenvalue weighted by atomic mass is 32.1. The number of aryl methyl sites for hydroxylation is 2. The lowest BCUT2D eigenvalue weighted by atomic mass is 10.1. The average Bonchev–Trinajstić information content (AvgIpc) is 3.25. The number of ether oxygens (including phenoxy) is 2. The Hall–Kier alpha value is -3.39. The molecular weight excluding hydrogens is 388 g/mol. The molecule has 4 aromatic rings. The number of aromatic nitrogens is 3. The van der Waals surface area contributed by atoms with Gasteiger partial charge in [-0.05, 0) is 49.2 Å². The Kier molecular flexibility index (Phi) is 5.18. The zero-order valence-corrected chi connectivity index (χ0v) is 17.1. The molecule has 148 valence electrons. The van der Waals surface area contributed by atoms with Crippen LogP contribution in [0.1, 0.15) is 11.1 Å². The first kappa shape index (κ1) is 18.9. The van der Waals surface area contributed by atoms with Crippen LogP contribution in [0, 0.1) is 13.8 Å². The Morgan fingerprint density at radius 1 is 1.14 bits per heavy atom. The van der Waals surface area contributed by atoms with Crippen molar-refractivity contribution < 1.29 is 14.3 Å². The van der Waals surface area contributed by atoms with E-state index in [1.54, 1.807) is 11.6 Å². The lowest BCUT2D eigenvalue weighted by Gasteiger charge is -2.07. The fourth-order valence-corrected chi connectivity index (χ4v) is 3.87. The number of fused-ring (bicyclic) bond motifs is 1. The average molecular weight is 408 g/mol. The van der Waals surface area contributed by atoms with Gasteiger partial charge >= 0.3 is 0 Å². The monoisotopic (exact) mass is 408 g/mol. The summed E-state index contributed by atoms with van der Waals surface area (Å²) in [6.45, 7) is 3.86. The van der Waals surface area contributed by atoms with Crippen molar-refractivity contribution in [3.63, 3.8) is 0 Å². The Morgan fingerprint density at radius 2 is 1.93 bits per heavy atom.